The third kappa shape index (κ3) is 3.96. The van der Waals surface area contributed by atoms with Crippen LogP contribution in [0.4, 0.5) is 5.69 Å². The lowest BCUT2D eigenvalue weighted by molar-refractivity contribution is -0.120. The van der Waals surface area contributed by atoms with E-state index in [1.165, 1.54) is 18.7 Å². The molecule has 10 nitrogen and oxygen atoms in total. The van der Waals surface area contributed by atoms with Gasteiger partial charge in [0.2, 0.25) is 15.9 Å². The van der Waals surface area contributed by atoms with Gasteiger partial charge in [0.15, 0.2) is 5.76 Å². The number of carbonyl (C=O) groups excluding carboxylic acids is 2. The third-order valence-electron chi connectivity index (χ3n) is 6.40. The van der Waals surface area contributed by atoms with Gasteiger partial charge in [-0.15, -0.1) is 0 Å². The smallest absolute Gasteiger partial charge is 0.256 e. The molecule has 0 saturated carbocycles. The molecule has 11 heteroatoms. The highest BCUT2D eigenvalue weighted by Gasteiger charge is 2.46. The van der Waals surface area contributed by atoms with E-state index in [2.05, 4.69) is 15.2 Å². The molecule has 2 unspecified atom stereocenters. The summed E-state index contributed by atoms with van der Waals surface area (Å²) in [6.07, 6.45) is 0.292. The van der Waals surface area contributed by atoms with Crippen molar-refractivity contribution in [3.63, 3.8) is 0 Å². The van der Waals surface area contributed by atoms with Gasteiger partial charge in [-0.25, -0.2) is 13.1 Å². The lowest BCUT2D eigenvalue weighted by atomic mass is 10.0. The number of benzene rings is 2. The lowest BCUT2D eigenvalue weighted by Gasteiger charge is -2.24. The third-order valence-corrected chi connectivity index (χ3v) is 8.14. The lowest BCUT2D eigenvalue weighted by Crippen LogP contribution is -2.51. The number of hydrogen-bond donors (Lipinski definition) is 2. The molecule has 0 bridgehead atoms. The summed E-state index contributed by atoms with van der Waals surface area (Å²) in [5.41, 5.74) is 2.66. The Kier molecular flexibility index (Phi) is 5.60. The molecular formula is C24H24N4O6S. The van der Waals surface area contributed by atoms with Gasteiger partial charge in [-0.3, -0.25) is 9.59 Å². The van der Waals surface area contributed by atoms with Gasteiger partial charge in [0.05, 0.1) is 24.4 Å². The number of nitrogens with one attached hydrogen (secondary N) is 2. The second-order valence-corrected chi connectivity index (χ2v) is 10.2. The molecule has 0 radical (unpaired) electrons. The number of methoxy groups -OCH3 is 1. The Hall–Kier alpha value is -3.70. The number of rotatable bonds is 5. The first-order valence-electron chi connectivity index (χ1n) is 11.0. The van der Waals surface area contributed by atoms with Crippen LogP contribution in [-0.2, 0) is 14.8 Å². The molecule has 2 N–H and O–H groups in total. The quantitative estimate of drug-likeness (QED) is 0.555. The summed E-state index contributed by atoms with van der Waals surface area (Å²) >= 11 is 0. The Morgan fingerprint density at radius 3 is 2.49 bits per heavy atom. The first-order chi connectivity index (χ1) is 16.7. The second-order valence-electron chi connectivity index (χ2n) is 8.59. The summed E-state index contributed by atoms with van der Waals surface area (Å²) in [7, 11) is -2.43. The van der Waals surface area contributed by atoms with Crippen LogP contribution in [0.15, 0.2) is 51.9 Å². The summed E-state index contributed by atoms with van der Waals surface area (Å²) in [4.78, 5) is 28.0. The molecule has 182 valence electrons. The van der Waals surface area contributed by atoms with Crippen molar-refractivity contribution in [1.82, 2.24) is 14.8 Å². The monoisotopic (exact) mass is 496 g/mol. The predicted octanol–water partition coefficient (Wildman–Crippen LogP) is 2.48. The Bertz CT molecular complexity index is 1410. The van der Waals surface area contributed by atoms with Crippen molar-refractivity contribution in [3.05, 3.63) is 59.5 Å². The van der Waals surface area contributed by atoms with Crippen LogP contribution in [0.5, 0.6) is 5.75 Å². The van der Waals surface area contributed by atoms with Crippen LogP contribution in [0.2, 0.25) is 0 Å². The van der Waals surface area contributed by atoms with Crippen molar-refractivity contribution in [3.8, 4) is 16.9 Å². The SMILES string of the molecule is COc1ccc(-c2ccc3c(c2)C(=O)N2CCC(NS(=O)(=O)c4c(C)noc4C)C2C(=O)N3)cc1. The molecule has 2 aliphatic rings. The first-order valence-corrected chi connectivity index (χ1v) is 12.5. The summed E-state index contributed by atoms with van der Waals surface area (Å²) in [6, 6.07) is 10.9. The topological polar surface area (TPSA) is 131 Å². The maximum atomic E-state index is 13.5. The molecule has 3 aromatic rings. The molecule has 0 spiro atoms. The van der Waals surface area contributed by atoms with E-state index in [1.807, 2.05) is 30.3 Å². The van der Waals surface area contributed by atoms with Crippen molar-refractivity contribution in [1.29, 1.82) is 0 Å². The molecule has 2 atom stereocenters. The zero-order valence-electron chi connectivity index (χ0n) is 19.4. The van der Waals surface area contributed by atoms with Crippen molar-refractivity contribution in [2.75, 3.05) is 19.0 Å². The van der Waals surface area contributed by atoms with Gasteiger partial charge in [0, 0.05) is 6.54 Å². The fourth-order valence-corrected chi connectivity index (χ4v) is 6.34. The standard InChI is InChI=1S/C24H24N4O6S/c1-13-22(14(2)34-26-13)35(31,32)27-20-10-11-28-21(20)23(29)25-19-9-6-16(12-18(19)24(28)30)15-4-7-17(33-3)8-5-15/h4-9,12,20-21,27H,10-11H2,1-3H3,(H,25,29). The minimum atomic E-state index is -4.02. The number of anilines is 1. The van der Waals surface area contributed by atoms with Gasteiger partial charge in [-0.1, -0.05) is 23.4 Å². The van der Waals surface area contributed by atoms with Crippen LogP contribution >= 0.6 is 0 Å². The van der Waals surface area contributed by atoms with Gasteiger partial charge in [-0.05, 0) is 55.7 Å². The van der Waals surface area contributed by atoms with E-state index in [4.69, 9.17) is 9.26 Å². The van der Waals surface area contributed by atoms with Crippen LogP contribution in [0, 0.1) is 13.8 Å². The molecule has 1 saturated heterocycles. The van der Waals surface area contributed by atoms with Crippen LogP contribution in [-0.4, -0.2) is 56.0 Å². The summed E-state index contributed by atoms with van der Waals surface area (Å²) < 4.78 is 38.9. The molecule has 5 rings (SSSR count). The van der Waals surface area contributed by atoms with E-state index < -0.39 is 28.0 Å². The second kappa shape index (κ2) is 8.51. The van der Waals surface area contributed by atoms with Crippen LogP contribution < -0.4 is 14.8 Å². The Labute approximate surface area is 202 Å². The minimum absolute atomic E-state index is 0.0521. The Balaban J connectivity index is 1.45. The molecule has 2 aliphatic heterocycles. The maximum absolute atomic E-state index is 13.5. The normalized spacial score (nSPS) is 19.7. The molecule has 1 fully saturated rings. The average Bonchev–Trinajstić information content (AvgIpc) is 3.38. The average molecular weight is 497 g/mol. The van der Waals surface area contributed by atoms with Crippen LogP contribution in [0.25, 0.3) is 11.1 Å². The number of aromatic nitrogens is 1. The van der Waals surface area contributed by atoms with E-state index in [0.29, 0.717) is 17.7 Å². The molecule has 1 aromatic heterocycles. The van der Waals surface area contributed by atoms with E-state index in [0.717, 1.165) is 16.9 Å². The highest BCUT2D eigenvalue weighted by molar-refractivity contribution is 7.89. The highest BCUT2D eigenvalue weighted by Crippen LogP contribution is 2.33. The fraction of sp³-hybridized carbons (Fsp3) is 0.292. The molecule has 3 heterocycles. The fourth-order valence-electron chi connectivity index (χ4n) is 4.74. The number of aryl methyl sites for hydroxylation is 2. The summed E-state index contributed by atoms with van der Waals surface area (Å²) in [5.74, 6) is 0.0950. The number of fused-ring (bicyclic) bond motifs is 2. The highest BCUT2D eigenvalue weighted by atomic mass is 32.2. The van der Waals surface area contributed by atoms with Crippen LogP contribution in [0.3, 0.4) is 0 Å². The molecule has 2 amide bonds. The van der Waals surface area contributed by atoms with Gasteiger partial charge in [-0.2, -0.15) is 0 Å². The number of amides is 2. The number of carbonyl (C=O) groups is 2. The maximum Gasteiger partial charge on any atom is 0.256 e. The molecular weight excluding hydrogens is 472 g/mol. The number of ether oxygens (including phenoxy) is 1. The van der Waals surface area contributed by atoms with Gasteiger partial charge >= 0.3 is 0 Å². The Morgan fingerprint density at radius 2 is 1.83 bits per heavy atom. The number of hydrogen-bond acceptors (Lipinski definition) is 7. The number of nitrogens with zero attached hydrogens (tertiary/aromatic N) is 2. The molecule has 2 aromatic carbocycles. The minimum Gasteiger partial charge on any atom is -0.497 e. The molecule has 35 heavy (non-hydrogen) atoms. The van der Waals surface area contributed by atoms with Crippen molar-refractivity contribution in [2.24, 2.45) is 0 Å². The van der Waals surface area contributed by atoms with E-state index in [9.17, 15) is 18.0 Å². The van der Waals surface area contributed by atoms with Gasteiger partial charge in [0.1, 0.15) is 22.4 Å². The van der Waals surface area contributed by atoms with Crippen LogP contribution in [0.1, 0.15) is 28.2 Å². The van der Waals surface area contributed by atoms with E-state index in [1.54, 1.807) is 19.2 Å². The summed E-state index contributed by atoms with van der Waals surface area (Å²) in [5, 5.41) is 6.51. The zero-order chi connectivity index (χ0) is 24.9. The number of sulfonamides is 1. The Morgan fingerprint density at radius 1 is 1.11 bits per heavy atom. The predicted molar refractivity (Wildman–Crippen MR) is 127 cm³/mol. The van der Waals surface area contributed by atoms with E-state index in [-0.39, 0.29) is 28.8 Å². The zero-order valence-corrected chi connectivity index (χ0v) is 20.2. The van der Waals surface area contributed by atoms with Crippen molar-refractivity contribution < 1.29 is 27.3 Å². The van der Waals surface area contributed by atoms with Crippen molar-refractivity contribution >= 4 is 27.5 Å². The largest absolute Gasteiger partial charge is 0.497 e. The van der Waals surface area contributed by atoms with Gasteiger partial charge < -0.3 is 19.5 Å². The molecule has 0 aliphatic carbocycles. The first kappa shape index (κ1) is 23.1. The van der Waals surface area contributed by atoms with E-state index >= 15 is 0 Å². The summed E-state index contributed by atoms with van der Waals surface area (Å²) in [6.45, 7) is 3.28. The van der Waals surface area contributed by atoms with Gasteiger partial charge in [0.25, 0.3) is 5.91 Å². The van der Waals surface area contributed by atoms with Crippen molar-refractivity contribution in [2.45, 2.75) is 37.2 Å².